The van der Waals surface area contributed by atoms with Gasteiger partial charge in [0.05, 0.1) is 21.8 Å². The van der Waals surface area contributed by atoms with Crippen molar-refractivity contribution in [1.82, 2.24) is 4.98 Å². The number of amides is 2. The Morgan fingerprint density at radius 2 is 1.31 bits per heavy atom. The van der Waals surface area contributed by atoms with Crippen molar-refractivity contribution in [2.45, 2.75) is 16.7 Å². The van der Waals surface area contributed by atoms with Gasteiger partial charge in [0.25, 0.3) is 0 Å². The molecule has 3 aliphatic carbocycles. The Labute approximate surface area is 211 Å². The summed E-state index contributed by atoms with van der Waals surface area (Å²) in [5.41, 5.74) is 7.39. The van der Waals surface area contributed by atoms with Crippen LogP contribution < -0.4 is 4.90 Å². The highest BCUT2D eigenvalue weighted by atomic mass is 79.9. The van der Waals surface area contributed by atoms with Gasteiger partial charge in [-0.15, -0.1) is 0 Å². The maximum atomic E-state index is 14.0. The van der Waals surface area contributed by atoms with E-state index in [0.29, 0.717) is 5.69 Å². The molecule has 1 saturated heterocycles. The molecule has 2 amide bonds. The molecule has 2 bridgehead atoms. The topological polar surface area (TPSA) is 50.3 Å². The fraction of sp³-hybridized carbons (Fsp3) is 0.167. The number of aromatic nitrogens is 1. The van der Waals surface area contributed by atoms with Gasteiger partial charge in [0.2, 0.25) is 11.8 Å². The van der Waals surface area contributed by atoms with Gasteiger partial charge in [0.15, 0.2) is 0 Å². The van der Waals surface area contributed by atoms with Crippen molar-refractivity contribution in [3.05, 3.63) is 131 Å². The lowest BCUT2D eigenvalue weighted by Crippen LogP contribution is -2.50. The first kappa shape index (κ1) is 20.8. The molecule has 1 fully saturated rings. The molecule has 0 N–H and O–H groups in total. The van der Waals surface area contributed by atoms with E-state index in [1.54, 1.807) is 12.4 Å². The lowest BCUT2D eigenvalue weighted by Gasteiger charge is -2.51. The van der Waals surface area contributed by atoms with E-state index < -0.39 is 16.2 Å². The van der Waals surface area contributed by atoms with E-state index in [1.165, 1.54) is 10.5 Å². The lowest BCUT2D eigenvalue weighted by molar-refractivity contribution is -0.122. The Kier molecular flexibility index (Phi) is 4.43. The van der Waals surface area contributed by atoms with Crippen molar-refractivity contribution < 1.29 is 9.59 Å². The van der Waals surface area contributed by atoms with Gasteiger partial charge in [-0.1, -0.05) is 76.6 Å². The van der Waals surface area contributed by atoms with Crippen LogP contribution in [0.25, 0.3) is 0 Å². The summed E-state index contributed by atoms with van der Waals surface area (Å²) < 4.78 is -0.720. The van der Waals surface area contributed by atoms with Gasteiger partial charge in [-0.3, -0.25) is 14.6 Å². The number of halogens is 1. The number of nitrogens with zero attached hydrogens (tertiary/aromatic N) is 2. The molecule has 1 aliphatic heterocycles. The van der Waals surface area contributed by atoms with Crippen LogP contribution in [0.4, 0.5) is 5.69 Å². The average Bonchev–Trinajstić information content (AvgIpc) is 3.17. The fourth-order valence-corrected chi connectivity index (χ4v) is 7.64. The molecular weight excluding hydrogens is 500 g/mol. The number of hydrogen-bond acceptors (Lipinski definition) is 3. The summed E-state index contributed by atoms with van der Waals surface area (Å²) in [6, 6.07) is 28.3. The highest BCUT2D eigenvalue weighted by Crippen LogP contribution is 2.66. The van der Waals surface area contributed by atoms with Crippen LogP contribution in [0.15, 0.2) is 97.3 Å². The molecule has 0 saturated carbocycles. The number of carbonyl (C=O) groups is 2. The maximum Gasteiger partial charge on any atom is 0.239 e. The normalized spacial score (nSPS) is 25.9. The zero-order valence-electron chi connectivity index (χ0n) is 18.8. The van der Waals surface area contributed by atoms with Gasteiger partial charge in [-0.25, -0.2) is 4.90 Å². The number of alkyl halides is 1. The third-order valence-corrected chi connectivity index (χ3v) is 9.21. The van der Waals surface area contributed by atoms with E-state index in [0.717, 1.165) is 34.2 Å². The second kappa shape index (κ2) is 7.46. The van der Waals surface area contributed by atoms with E-state index in [4.69, 9.17) is 0 Å². The predicted molar refractivity (Wildman–Crippen MR) is 137 cm³/mol. The molecular formula is C30H21BrN2O2. The minimum Gasteiger partial charge on any atom is -0.274 e. The summed E-state index contributed by atoms with van der Waals surface area (Å²) in [5, 5.41) is 0. The zero-order chi connectivity index (χ0) is 23.7. The van der Waals surface area contributed by atoms with Crippen LogP contribution in [0.3, 0.4) is 0 Å². The molecule has 170 valence electrons. The van der Waals surface area contributed by atoms with Crippen LogP contribution in [0.5, 0.6) is 0 Å². The Morgan fingerprint density at radius 3 is 1.94 bits per heavy atom. The molecule has 4 aliphatic rings. The van der Waals surface area contributed by atoms with Gasteiger partial charge in [-0.05, 0) is 64.1 Å². The number of pyridine rings is 1. The molecule has 35 heavy (non-hydrogen) atoms. The smallest absolute Gasteiger partial charge is 0.239 e. The van der Waals surface area contributed by atoms with Crippen molar-refractivity contribution in [2.75, 3.05) is 4.90 Å². The monoisotopic (exact) mass is 520 g/mol. The minimum atomic E-state index is -0.720. The molecule has 1 aromatic heterocycles. The van der Waals surface area contributed by atoms with E-state index in [2.05, 4.69) is 45.2 Å². The molecule has 0 unspecified atom stereocenters. The lowest BCUT2D eigenvalue weighted by atomic mass is 9.55. The SMILES string of the molecule is O=C1[C@@H]2C3c4ccccc4C(Br)(c4ccccc43)[C@@H]2C(=O)N1c1ccc(Cc2ccncc2)cc1. The number of anilines is 1. The third-order valence-electron chi connectivity index (χ3n) is 7.87. The van der Waals surface area contributed by atoms with Crippen LogP contribution in [0.2, 0.25) is 0 Å². The van der Waals surface area contributed by atoms with E-state index in [-0.39, 0.29) is 17.7 Å². The summed E-state index contributed by atoms with van der Waals surface area (Å²) >= 11 is 4.05. The Morgan fingerprint density at radius 1 is 0.743 bits per heavy atom. The van der Waals surface area contributed by atoms with Crippen LogP contribution in [-0.2, 0) is 20.3 Å². The standard InChI is InChI=1S/C30H21BrN2O2/c31-30-23-7-3-1-5-21(23)25(22-6-2-4-8-24(22)30)26-27(30)29(35)33(28(26)34)20-11-9-18(10-12-20)17-19-13-15-32-16-14-19/h1-16,25-27H,17H2/t25?,26-,27+,30?/m1/s1. The second-order valence-corrected chi connectivity index (χ2v) is 10.8. The van der Waals surface area contributed by atoms with Crippen LogP contribution in [0, 0.1) is 11.8 Å². The number of hydrogen-bond donors (Lipinski definition) is 0. The predicted octanol–water partition coefficient (Wildman–Crippen LogP) is 5.58. The summed E-state index contributed by atoms with van der Waals surface area (Å²) in [7, 11) is 0. The second-order valence-electron chi connectivity index (χ2n) is 9.58. The van der Waals surface area contributed by atoms with Crippen molar-refractivity contribution in [3.63, 3.8) is 0 Å². The molecule has 5 heteroatoms. The van der Waals surface area contributed by atoms with Crippen molar-refractivity contribution >= 4 is 33.4 Å². The first-order valence-electron chi connectivity index (χ1n) is 11.8. The minimum absolute atomic E-state index is 0.111. The first-order chi connectivity index (χ1) is 17.1. The Hall–Kier alpha value is -3.57. The molecule has 0 radical (unpaired) electrons. The van der Waals surface area contributed by atoms with Gasteiger partial charge in [0.1, 0.15) is 0 Å². The summed E-state index contributed by atoms with van der Waals surface area (Å²) in [4.78, 5) is 33.5. The van der Waals surface area contributed by atoms with Gasteiger partial charge < -0.3 is 0 Å². The Balaban J connectivity index is 1.30. The van der Waals surface area contributed by atoms with E-state index in [1.807, 2.05) is 60.7 Å². The van der Waals surface area contributed by atoms with Crippen molar-refractivity contribution in [2.24, 2.45) is 11.8 Å². The molecule has 8 rings (SSSR count). The zero-order valence-corrected chi connectivity index (χ0v) is 20.4. The average molecular weight is 521 g/mol. The van der Waals surface area contributed by atoms with Gasteiger partial charge in [-0.2, -0.15) is 0 Å². The summed E-state index contributed by atoms with van der Waals surface area (Å²) in [5.74, 6) is -1.28. The fourth-order valence-electron chi connectivity index (χ4n) is 6.43. The largest absolute Gasteiger partial charge is 0.274 e. The molecule has 3 aromatic carbocycles. The quantitative estimate of drug-likeness (QED) is 0.262. The maximum absolute atomic E-state index is 14.0. The molecule has 0 spiro atoms. The van der Waals surface area contributed by atoms with Gasteiger partial charge in [0, 0.05) is 18.3 Å². The highest BCUT2D eigenvalue weighted by molar-refractivity contribution is 9.09. The van der Waals surface area contributed by atoms with E-state index >= 15 is 0 Å². The number of imide groups is 1. The Bertz CT molecular complexity index is 1450. The van der Waals surface area contributed by atoms with Crippen molar-refractivity contribution in [3.8, 4) is 0 Å². The van der Waals surface area contributed by atoms with Crippen molar-refractivity contribution in [1.29, 1.82) is 0 Å². The molecule has 4 aromatic rings. The highest BCUT2D eigenvalue weighted by Gasteiger charge is 2.67. The first-order valence-corrected chi connectivity index (χ1v) is 12.6. The molecule has 2 heterocycles. The van der Waals surface area contributed by atoms with Crippen LogP contribution in [-0.4, -0.2) is 16.8 Å². The summed E-state index contributed by atoms with van der Waals surface area (Å²) in [6.07, 6.45) is 4.34. The number of rotatable bonds is 3. The summed E-state index contributed by atoms with van der Waals surface area (Å²) in [6.45, 7) is 0. The van der Waals surface area contributed by atoms with Gasteiger partial charge >= 0.3 is 0 Å². The molecule has 2 atom stereocenters. The third kappa shape index (κ3) is 2.76. The van der Waals surface area contributed by atoms with Crippen LogP contribution >= 0.6 is 15.9 Å². The number of benzene rings is 3. The van der Waals surface area contributed by atoms with E-state index in [9.17, 15) is 9.59 Å². The molecule has 4 nitrogen and oxygen atoms in total. The number of carbonyl (C=O) groups excluding carboxylic acids is 2. The van der Waals surface area contributed by atoms with Crippen LogP contribution in [0.1, 0.15) is 39.3 Å².